The van der Waals surface area contributed by atoms with Gasteiger partial charge in [0, 0.05) is 6.04 Å². The summed E-state index contributed by atoms with van der Waals surface area (Å²) in [7, 11) is 0. The zero-order valence-corrected chi connectivity index (χ0v) is 16.1. The van der Waals surface area contributed by atoms with E-state index < -0.39 is 35.6 Å². The maximum Gasteiger partial charge on any atom is 0.338 e. The van der Waals surface area contributed by atoms with Gasteiger partial charge in [0.2, 0.25) is 0 Å². The summed E-state index contributed by atoms with van der Waals surface area (Å²) in [6.45, 7) is 5.00. The molecule has 8 heteroatoms. The Morgan fingerprint density at radius 1 is 0.966 bits per heavy atom. The lowest BCUT2D eigenvalue weighted by atomic mass is 10.1. The van der Waals surface area contributed by atoms with E-state index in [1.54, 1.807) is 13.8 Å². The molecule has 1 N–H and O–H groups in total. The molecular formula is C21H19FN2O5. The summed E-state index contributed by atoms with van der Waals surface area (Å²) >= 11 is 0. The van der Waals surface area contributed by atoms with E-state index >= 15 is 0 Å². The highest BCUT2D eigenvalue weighted by molar-refractivity contribution is 6.34. The molecular weight excluding hydrogens is 379 g/mol. The molecule has 3 amide bonds. The molecule has 1 heterocycles. The number of carbonyl (C=O) groups excluding carboxylic acids is 4. The van der Waals surface area contributed by atoms with Crippen molar-refractivity contribution in [2.75, 3.05) is 4.90 Å². The predicted molar refractivity (Wildman–Crippen MR) is 102 cm³/mol. The number of nitrogens with one attached hydrogen (secondary N) is 1. The van der Waals surface area contributed by atoms with Crippen LogP contribution in [0, 0.1) is 5.82 Å². The molecule has 0 saturated carbocycles. The van der Waals surface area contributed by atoms with Gasteiger partial charge in [-0.05, 0) is 63.2 Å². The standard InChI is InChI=1S/C21H19FN2O5/c1-11(2)23-18(25)12(3)29-21(28)13-4-9-16-17(10-13)20(27)24(19(16)26)15-7-5-14(22)6-8-15/h4-12H,1-3H3,(H,23,25)/t12-/m1/s1. The second-order valence-corrected chi connectivity index (χ2v) is 6.89. The number of esters is 1. The van der Waals surface area contributed by atoms with Crippen molar-refractivity contribution in [2.45, 2.75) is 32.9 Å². The zero-order valence-electron chi connectivity index (χ0n) is 16.1. The van der Waals surface area contributed by atoms with Crippen LogP contribution in [0.2, 0.25) is 0 Å². The Labute approximate surface area is 166 Å². The largest absolute Gasteiger partial charge is 0.449 e. The van der Waals surface area contributed by atoms with Crippen molar-refractivity contribution < 1.29 is 28.3 Å². The van der Waals surface area contributed by atoms with Crippen molar-refractivity contribution in [1.82, 2.24) is 5.32 Å². The summed E-state index contributed by atoms with van der Waals surface area (Å²) in [5.41, 5.74) is 0.422. The van der Waals surface area contributed by atoms with E-state index in [0.29, 0.717) is 0 Å². The molecule has 1 aliphatic heterocycles. The maximum absolute atomic E-state index is 13.1. The first kappa shape index (κ1) is 20.2. The molecule has 0 aromatic heterocycles. The lowest BCUT2D eigenvalue weighted by Crippen LogP contribution is -2.39. The Morgan fingerprint density at radius 2 is 1.59 bits per heavy atom. The highest BCUT2D eigenvalue weighted by atomic mass is 19.1. The normalized spacial score (nSPS) is 14.0. The van der Waals surface area contributed by atoms with Gasteiger partial charge in [-0.25, -0.2) is 14.1 Å². The van der Waals surface area contributed by atoms with Gasteiger partial charge in [-0.15, -0.1) is 0 Å². The van der Waals surface area contributed by atoms with Gasteiger partial charge in [0.15, 0.2) is 6.10 Å². The molecule has 0 unspecified atom stereocenters. The third-order valence-corrected chi connectivity index (χ3v) is 4.29. The van der Waals surface area contributed by atoms with E-state index in [-0.39, 0.29) is 28.4 Å². The molecule has 0 bridgehead atoms. The fourth-order valence-corrected chi connectivity index (χ4v) is 2.88. The van der Waals surface area contributed by atoms with Crippen LogP contribution < -0.4 is 10.2 Å². The number of hydrogen-bond acceptors (Lipinski definition) is 5. The van der Waals surface area contributed by atoms with Crippen LogP contribution in [0.5, 0.6) is 0 Å². The summed E-state index contributed by atoms with van der Waals surface area (Å²) in [4.78, 5) is 50.5. The van der Waals surface area contributed by atoms with Gasteiger partial charge in [0.05, 0.1) is 22.4 Å². The van der Waals surface area contributed by atoms with E-state index in [1.165, 1.54) is 37.3 Å². The van der Waals surface area contributed by atoms with E-state index in [0.717, 1.165) is 17.0 Å². The van der Waals surface area contributed by atoms with Crippen LogP contribution in [0.4, 0.5) is 10.1 Å². The van der Waals surface area contributed by atoms with Gasteiger partial charge in [0.25, 0.3) is 17.7 Å². The number of ether oxygens (including phenoxy) is 1. The fourth-order valence-electron chi connectivity index (χ4n) is 2.88. The Hall–Kier alpha value is -3.55. The van der Waals surface area contributed by atoms with Gasteiger partial charge in [0.1, 0.15) is 5.82 Å². The van der Waals surface area contributed by atoms with Crippen LogP contribution in [-0.4, -0.2) is 35.8 Å². The van der Waals surface area contributed by atoms with Crippen LogP contribution in [0.25, 0.3) is 0 Å². The molecule has 0 radical (unpaired) electrons. The van der Waals surface area contributed by atoms with E-state index in [2.05, 4.69) is 5.32 Å². The molecule has 3 rings (SSSR count). The Balaban J connectivity index is 1.81. The summed E-state index contributed by atoms with van der Waals surface area (Å²) in [6.07, 6.45) is -1.02. The quantitative estimate of drug-likeness (QED) is 0.618. The minimum absolute atomic E-state index is 0.0352. The predicted octanol–water partition coefficient (Wildman–Crippen LogP) is 2.70. The molecule has 0 saturated heterocycles. The minimum Gasteiger partial charge on any atom is -0.449 e. The van der Waals surface area contributed by atoms with Gasteiger partial charge >= 0.3 is 5.97 Å². The number of imide groups is 1. The number of hydrogen-bond donors (Lipinski definition) is 1. The molecule has 1 aliphatic rings. The molecule has 2 aromatic rings. The van der Waals surface area contributed by atoms with Crippen LogP contribution in [0.15, 0.2) is 42.5 Å². The SMILES string of the molecule is CC(C)NC(=O)[C@@H](C)OC(=O)c1ccc2c(c1)C(=O)N(c1ccc(F)cc1)C2=O. The Kier molecular flexibility index (Phi) is 5.45. The number of amides is 3. The van der Waals surface area contributed by atoms with Gasteiger partial charge in [-0.3, -0.25) is 14.4 Å². The number of rotatable bonds is 5. The summed E-state index contributed by atoms with van der Waals surface area (Å²) in [6, 6.07) is 8.79. The van der Waals surface area contributed by atoms with Crippen LogP contribution in [0.3, 0.4) is 0 Å². The summed E-state index contributed by atoms with van der Waals surface area (Å²) in [5, 5.41) is 2.63. The molecule has 29 heavy (non-hydrogen) atoms. The molecule has 7 nitrogen and oxygen atoms in total. The first-order valence-electron chi connectivity index (χ1n) is 8.98. The summed E-state index contributed by atoms with van der Waals surface area (Å²) in [5.74, 6) is -2.92. The highest BCUT2D eigenvalue weighted by Gasteiger charge is 2.37. The molecule has 0 spiro atoms. The average Bonchev–Trinajstić information content (AvgIpc) is 2.92. The number of benzene rings is 2. The van der Waals surface area contributed by atoms with Crippen molar-refractivity contribution in [3.8, 4) is 0 Å². The third-order valence-electron chi connectivity index (χ3n) is 4.29. The van der Waals surface area contributed by atoms with Crippen molar-refractivity contribution >= 4 is 29.4 Å². The van der Waals surface area contributed by atoms with Crippen molar-refractivity contribution in [3.63, 3.8) is 0 Å². The van der Waals surface area contributed by atoms with Crippen LogP contribution >= 0.6 is 0 Å². The average molecular weight is 398 g/mol. The van der Waals surface area contributed by atoms with E-state index in [9.17, 15) is 23.6 Å². The first-order valence-corrected chi connectivity index (χ1v) is 8.98. The van der Waals surface area contributed by atoms with Gasteiger partial charge in [-0.1, -0.05) is 0 Å². The number of carbonyl (C=O) groups is 4. The zero-order chi connectivity index (χ0) is 21.3. The van der Waals surface area contributed by atoms with E-state index in [1.807, 2.05) is 0 Å². The van der Waals surface area contributed by atoms with Crippen LogP contribution in [0.1, 0.15) is 51.8 Å². The minimum atomic E-state index is -1.02. The smallest absolute Gasteiger partial charge is 0.338 e. The van der Waals surface area contributed by atoms with Gasteiger partial charge in [-0.2, -0.15) is 0 Å². The van der Waals surface area contributed by atoms with E-state index in [4.69, 9.17) is 4.74 Å². The lowest BCUT2D eigenvalue weighted by molar-refractivity contribution is -0.129. The number of nitrogens with zero attached hydrogens (tertiary/aromatic N) is 1. The van der Waals surface area contributed by atoms with Crippen LogP contribution in [-0.2, 0) is 9.53 Å². The molecule has 0 aliphatic carbocycles. The van der Waals surface area contributed by atoms with Crippen molar-refractivity contribution in [3.05, 3.63) is 65.0 Å². The number of halogens is 1. The molecule has 0 fully saturated rings. The third kappa shape index (κ3) is 4.01. The number of anilines is 1. The molecule has 150 valence electrons. The second kappa shape index (κ2) is 7.83. The second-order valence-electron chi connectivity index (χ2n) is 6.89. The monoisotopic (exact) mass is 398 g/mol. The first-order chi connectivity index (χ1) is 13.7. The van der Waals surface area contributed by atoms with Crippen molar-refractivity contribution in [1.29, 1.82) is 0 Å². The lowest BCUT2D eigenvalue weighted by Gasteiger charge is -2.15. The maximum atomic E-state index is 13.1. The van der Waals surface area contributed by atoms with Crippen molar-refractivity contribution in [2.24, 2.45) is 0 Å². The van der Waals surface area contributed by atoms with Gasteiger partial charge < -0.3 is 10.1 Å². The molecule has 2 aromatic carbocycles. The Morgan fingerprint density at radius 3 is 2.21 bits per heavy atom. The number of fused-ring (bicyclic) bond motifs is 1. The fraction of sp³-hybridized carbons (Fsp3) is 0.238. The topological polar surface area (TPSA) is 92.8 Å². The summed E-state index contributed by atoms with van der Waals surface area (Å²) < 4.78 is 18.3. The molecule has 1 atom stereocenters. The Bertz CT molecular complexity index is 1000. The highest BCUT2D eigenvalue weighted by Crippen LogP contribution is 2.29.